The van der Waals surface area contributed by atoms with Gasteiger partial charge in [-0.25, -0.2) is 4.39 Å². The molecule has 1 atom stereocenters. The fourth-order valence-electron chi connectivity index (χ4n) is 2.64. The molecule has 0 aliphatic heterocycles. The number of hydrogen-bond acceptors (Lipinski definition) is 0. The molecule has 112 valence electrons. The van der Waals surface area contributed by atoms with Crippen LogP contribution in [0.25, 0.3) is 0 Å². The van der Waals surface area contributed by atoms with Gasteiger partial charge in [0.15, 0.2) is 0 Å². The number of halogens is 2. The molecular formula is C19H22ClF. The highest BCUT2D eigenvalue weighted by Crippen LogP contribution is 2.34. The standard InChI is InChI=1S/C19H22ClF/c1-12-10-16(21)11-13(2)17(12)18(20)14-6-8-15(9-7-14)19(3,4)5/h6-11,18H,1-5H3. The molecule has 0 aliphatic rings. The largest absolute Gasteiger partial charge is 0.207 e. The molecule has 0 radical (unpaired) electrons. The zero-order valence-electron chi connectivity index (χ0n) is 13.3. The second-order valence-corrected chi connectivity index (χ2v) is 7.12. The molecule has 2 heteroatoms. The summed E-state index contributed by atoms with van der Waals surface area (Å²) in [7, 11) is 0. The molecule has 2 aromatic carbocycles. The summed E-state index contributed by atoms with van der Waals surface area (Å²) in [5.74, 6) is -0.208. The predicted molar refractivity (Wildman–Crippen MR) is 88.7 cm³/mol. The van der Waals surface area contributed by atoms with E-state index in [1.807, 2.05) is 13.8 Å². The maximum Gasteiger partial charge on any atom is 0.123 e. The van der Waals surface area contributed by atoms with Crippen molar-refractivity contribution in [1.82, 2.24) is 0 Å². The first-order valence-electron chi connectivity index (χ1n) is 7.21. The predicted octanol–water partition coefficient (Wildman–Crippen LogP) is 6.07. The molecule has 0 N–H and O–H groups in total. The van der Waals surface area contributed by atoms with E-state index in [0.29, 0.717) is 0 Å². The van der Waals surface area contributed by atoms with Crippen molar-refractivity contribution in [3.63, 3.8) is 0 Å². The van der Waals surface area contributed by atoms with Gasteiger partial charge in [0.05, 0.1) is 5.38 Å². The zero-order chi connectivity index (χ0) is 15.8. The number of rotatable bonds is 2. The van der Waals surface area contributed by atoms with Gasteiger partial charge < -0.3 is 0 Å². The summed E-state index contributed by atoms with van der Waals surface area (Å²) in [5.41, 5.74) is 5.24. The van der Waals surface area contributed by atoms with E-state index < -0.39 is 0 Å². The smallest absolute Gasteiger partial charge is 0.123 e. The highest BCUT2D eigenvalue weighted by Gasteiger charge is 2.18. The van der Waals surface area contributed by atoms with Crippen molar-refractivity contribution in [2.24, 2.45) is 0 Å². The maximum atomic E-state index is 13.4. The van der Waals surface area contributed by atoms with Crippen molar-refractivity contribution < 1.29 is 4.39 Å². The van der Waals surface area contributed by atoms with Gasteiger partial charge in [0, 0.05) is 0 Å². The van der Waals surface area contributed by atoms with E-state index in [1.54, 1.807) is 12.1 Å². The topological polar surface area (TPSA) is 0 Å². The van der Waals surface area contributed by atoms with Crippen LogP contribution in [0, 0.1) is 19.7 Å². The Kier molecular flexibility index (Phi) is 4.43. The molecule has 2 aromatic rings. The molecule has 1 unspecified atom stereocenters. The Hall–Kier alpha value is -1.34. The van der Waals surface area contributed by atoms with E-state index in [4.69, 9.17) is 11.6 Å². The van der Waals surface area contributed by atoms with Gasteiger partial charge in [-0.3, -0.25) is 0 Å². The van der Waals surface area contributed by atoms with Crippen LogP contribution in [-0.4, -0.2) is 0 Å². The lowest BCUT2D eigenvalue weighted by Gasteiger charge is -2.21. The first-order valence-corrected chi connectivity index (χ1v) is 7.65. The molecular weight excluding hydrogens is 283 g/mol. The van der Waals surface area contributed by atoms with Gasteiger partial charge in [-0.2, -0.15) is 0 Å². The molecule has 0 spiro atoms. The van der Waals surface area contributed by atoms with Crippen molar-refractivity contribution in [1.29, 1.82) is 0 Å². The Morgan fingerprint density at radius 2 is 1.43 bits per heavy atom. The summed E-state index contributed by atoms with van der Waals surface area (Å²) in [6.07, 6.45) is 0. The molecule has 0 aliphatic carbocycles. The van der Waals surface area contributed by atoms with Gasteiger partial charge in [-0.1, -0.05) is 45.0 Å². The van der Waals surface area contributed by atoms with Crippen LogP contribution in [0.15, 0.2) is 36.4 Å². The van der Waals surface area contributed by atoms with Gasteiger partial charge in [0.2, 0.25) is 0 Å². The van der Waals surface area contributed by atoms with E-state index in [9.17, 15) is 4.39 Å². The van der Waals surface area contributed by atoms with Gasteiger partial charge in [-0.15, -0.1) is 11.6 Å². The highest BCUT2D eigenvalue weighted by molar-refractivity contribution is 6.22. The Labute approximate surface area is 132 Å². The van der Waals surface area contributed by atoms with Crippen molar-refractivity contribution in [2.75, 3.05) is 0 Å². The van der Waals surface area contributed by atoms with Crippen LogP contribution >= 0.6 is 11.6 Å². The lowest BCUT2D eigenvalue weighted by molar-refractivity contribution is 0.590. The Balaban J connectivity index is 2.39. The third-order valence-corrected chi connectivity index (χ3v) is 4.35. The SMILES string of the molecule is Cc1cc(F)cc(C)c1C(Cl)c1ccc(C(C)(C)C)cc1. The van der Waals surface area contributed by atoms with Gasteiger partial charge in [-0.05, 0) is 59.2 Å². The van der Waals surface area contributed by atoms with Crippen molar-refractivity contribution in [3.8, 4) is 0 Å². The minimum atomic E-state index is -0.250. The van der Waals surface area contributed by atoms with Crippen LogP contribution in [0.1, 0.15) is 54.0 Å². The van der Waals surface area contributed by atoms with Crippen molar-refractivity contribution >= 4 is 11.6 Å². The number of benzene rings is 2. The molecule has 0 amide bonds. The van der Waals surface area contributed by atoms with Crippen LogP contribution in [0.3, 0.4) is 0 Å². The maximum absolute atomic E-state index is 13.4. The summed E-state index contributed by atoms with van der Waals surface area (Å²) in [5, 5.41) is -0.250. The summed E-state index contributed by atoms with van der Waals surface area (Å²) in [4.78, 5) is 0. The third kappa shape index (κ3) is 3.47. The van der Waals surface area contributed by atoms with E-state index in [-0.39, 0.29) is 16.6 Å². The van der Waals surface area contributed by atoms with Gasteiger partial charge in [0.25, 0.3) is 0 Å². The fourth-order valence-corrected chi connectivity index (χ4v) is 3.13. The Bertz CT molecular complexity index is 613. The van der Waals surface area contributed by atoms with E-state index in [1.165, 1.54) is 5.56 Å². The lowest BCUT2D eigenvalue weighted by Crippen LogP contribution is -2.11. The molecule has 0 aromatic heterocycles. The average molecular weight is 305 g/mol. The monoisotopic (exact) mass is 304 g/mol. The minimum Gasteiger partial charge on any atom is -0.207 e. The van der Waals surface area contributed by atoms with E-state index in [2.05, 4.69) is 45.0 Å². The number of aryl methyl sites for hydroxylation is 2. The van der Waals surface area contributed by atoms with Gasteiger partial charge in [0.1, 0.15) is 5.82 Å². The molecule has 0 heterocycles. The van der Waals surface area contributed by atoms with Crippen LogP contribution in [0.5, 0.6) is 0 Å². The third-order valence-electron chi connectivity index (χ3n) is 3.88. The molecule has 0 nitrogen and oxygen atoms in total. The van der Waals surface area contributed by atoms with Crippen LogP contribution in [0.2, 0.25) is 0 Å². The van der Waals surface area contributed by atoms with Crippen molar-refractivity contribution in [3.05, 3.63) is 70.0 Å². The second-order valence-electron chi connectivity index (χ2n) is 6.69. The molecule has 0 fully saturated rings. The summed E-state index contributed by atoms with van der Waals surface area (Å²) < 4.78 is 13.4. The summed E-state index contributed by atoms with van der Waals surface area (Å²) in [6.45, 7) is 10.4. The average Bonchev–Trinajstić information content (AvgIpc) is 2.36. The first-order chi connectivity index (χ1) is 9.70. The number of alkyl halides is 1. The normalized spacial score (nSPS) is 13.3. The first kappa shape index (κ1) is 16.0. The quantitative estimate of drug-likeness (QED) is 0.591. The minimum absolute atomic E-state index is 0.127. The van der Waals surface area contributed by atoms with E-state index in [0.717, 1.165) is 22.3 Å². The van der Waals surface area contributed by atoms with Crippen molar-refractivity contribution in [2.45, 2.75) is 45.4 Å². The zero-order valence-corrected chi connectivity index (χ0v) is 14.1. The lowest BCUT2D eigenvalue weighted by atomic mass is 9.86. The molecule has 0 saturated carbocycles. The highest BCUT2D eigenvalue weighted by atomic mass is 35.5. The Morgan fingerprint density at radius 1 is 0.952 bits per heavy atom. The molecule has 2 rings (SSSR count). The molecule has 21 heavy (non-hydrogen) atoms. The number of hydrogen-bond donors (Lipinski definition) is 0. The van der Waals surface area contributed by atoms with Gasteiger partial charge >= 0.3 is 0 Å². The second kappa shape index (κ2) is 5.81. The van der Waals surface area contributed by atoms with Crippen LogP contribution in [0.4, 0.5) is 4.39 Å². The molecule has 0 saturated heterocycles. The van der Waals surface area contributed by atoms with Crippen LogP contribution < -0.4 is 0 Å². The van der Waals surface area contributed by atoms with E-state index >= 15 is 0 Å². The molecule has 0 bridgehead atoms. The summed E-state index contributed by atoms with van der Waals surface area (Å²) in [6, 6.07) is 11.5. The fraction of sp³-hybridized carbons (Fsp3) is 0.368. The summed E-state index contributed by atoms with van der Waals surface area (Å²) >= 11 is 6.64. The van der Waals surface area contributed by atoms with Crippen LogP contribution in [-0.2, 0) is 5.41 Å². The Morgan fingerprint density at radius 3 is 1.86 bits per heavy atom.